The van der Waals surface area contributed by atoms with Crippen molar-refractivity contribution in [2.45, 2.75) is 155 Å². The van der Waals surface area contributed by atoms with Crippen LogP contribution in [0.4, 0.5) is 0 Å². The molecule has 1 aromatic rings. The van der Waals surface area contributed by atoms with Gasteiger partial charge in [0.05, 0.1) is 6.61 Å². The van der Waals surface area contributed by atoms with Gasteiger partial charge >= 0.3 is 48.8 Å². The zero-order valence-corrected chi connectivity index (χ0v) is 40.9. The van der Waals surface area contributed by atoms with Crippen LogP contribution in [0.25, 0.3) is 0 Å². The first-order chi connectivity index (χ1) is 22.2. The predicted octanol–water partition coefficient (Wildman–Crippen LogP) is 10.9. The van der Waals surface area contributed by atoms with Crippen molar-refractivity contribution in [3.63, 3.8) is 0 Å². The Morgan fingerprint density at radius 3 is 1.71 bits per heavy atom. The van der Waals surface area contributed by atoms with Crippen molar-refractivity contribution >= 4 is 65.4 Å². The highest BCUT2D eigenvalue weighted by atomic mass is 28.5. The average molecular weight is 806 g/mol. The molecule has 1 rings (SSSR count). The van der Waals surface area contributed by atoms with Gasteiger partial charge in [0.25, 0.3) is 0 Å². The molecule has 3 atom stereocenters. The summed E-state index contributed by atoms with van der Waals surface area (Å²) in [5, 5.41) is 0. The monoisotopic (exact) mass is 804 g/mol. The molecule has 0 amide bonds. The zero-order chi connectivity index (χ0) is 37.8. The van der Waals surface area contributed by atoms with Gasteiger partial charge in [-0.25, -0.2) is 4.79 Å². The number of benzene rings is 1. The SMILES string of the molecule is C=CC(=O)OCCC[Si](C)(O[Si](C)(C)O[Si](C)(C)C)O[Si](C)(C)O[Si](C)(C)O[Si](C)(CC(C)c1ccccc1)O[Si](C)(C)CCCCCC. The maximum atomic E-state index is 11.7. The summed E-state index contributed by atoms with van der Waals surface area (Å²) >= 11 is 0. The Hall–Kier alpha value is -0.292. The number of ether oxygens (including phenoxy) is 1. The van der Waals surface area contributed by atoms with Crippen molar-refractivity contribution in [2.24, 2.45) is 0 Å². The summed E-state index contributed by atoms with van der Waals surface area (Å²) in [7, 11) is -17.6. The lowest BCUT2D eigenvalue weighted by Crippen LogP contribution is -2.62. The van der Waals surface area contributed by atoms with E-state index in [2.05, 4.69) is 136 Å². The molecule has 0 aliphatic carbocycles. The van der Waals surface area contributed by atoms with Crippen LogP contribution in [0.3, 0.4) is 0 Å². The van der Waals surface area contributed by atoms with E-state index in [0.29, 0.717) is 18.4 Å². The fourth-order valence-corrected chi connectivity index (χ4v) is 42.5. The fourth-order valence-electron chi connectivity index (χ4n) is 6.87. The molecule has 0 N–H and O–H groups in total. The van der Waals surface area contributed by atoms with Crippen molar-refractivity contribution in [1.29, 1.82) is 0 Å². The first-order valence-corrected chi connectivity index (χ1v) is 38.3. The Kier molecular flexibility index (Phi) is 18.8. The molecule has 0 radical (unpaired) electrons. The molecule has 49 heavy (non-hydrogen) atoms. The van der Waals surface area contributed by atoms with Crippen LogP contribution < -0.4 is 0 Å². The molecule has 0 spiro atoms. The second-order valence-electron chi connectivity index (χ2n) is 16.8. The van der Waals surface area contributed by atoms with Gasteiger partial charge in [-0.05, 0) is 121 Å². The Balaban J connectivity index is 3.30. The number of unbranched alkanes of at least 4 members (excludes halogenated alkanes) is 3. The molecule has 15 heteroatoms. The van der Waals surface area contributed by atoms with Crippen LogP contribution in [0.2, 0.25) is 103 Å². The highest BCUT2D eigenvalue weighted by Gasteiger charge is 2.51. The third kappa shape index (κ3) is 20.5. The van der Waals surface area contributed by atoms with Crippen molar-refractivity contribution in [2.75, 3.05) is 6.61 Å². The molecule has 8 nitrogen and oxygen atoms in total. The summed E-state index contributed by atoms with van der Waals surface area (Å²) < 4.78 is 47.5. The minimum Gasteiger partial charge on any atom is -0.463 e. The van der Waals surface area contributed by atoms with Crippen LogP contribution in [0.1, 0.15) is 57.4 Å². The second kappa shape index (κ2) is 19.7. The van der Waals surface area contributed by atoms with Crippen LogP contribution in [0.5, 0.6) is 0 Å². The number of carbonyl (C=O) groups is 1. The maximum Gasteiger partial charge on any atom is 0.330 e. The molecule has 0 saturated carbocycles. The van der Waals surface area contributed by atoms with Gasteiger partial charge in [-0.3, -0.25) is 0 Å². The predicted molar refractivity (Wildman–Crippen MR) is 222 cm³/mol. The number of esters is 1. The lowest BCUT2D eigenvalue weighted by Gasteiger charge is -2.45. The molecule has 0 heterocycles. The van der Waals surface area contributed by atoms with Gasteiger partial charge in [0.2, 0.25) is 0 Å². The van der Waals surface area contributed by atoms with E-state index in [1.165, 1.54) is 37.3 Å². The Morgan fingerprint density at radius 2 is 1.20 bits per heavy atom. The quantitative estimate of drug-likeness (QED) is 0.0418. The molecule has 0 aromatic heterocycles. The van der Waals surface area contributed by atoms with Crippen molar-refractivity contribution in [3.05, 3.63) is 48.6 Å². The largest absolute Gasteiger partial charge is 0.463 e. The summed E-state index contributed by atoms with van der Waals surface area (Å²) in [4.78, 5) is 11.7. The number of rotatable bonds is 25. The van der Waals surface area contributed by atoms with Crippen LogP contribution >= 0.6 is 0 Å². The molecule has 0 fully saturated rings. The number of hydrogen-bond donors (Lipinski definition) is 0. The molecule has 0 saturated heterocycles. The lowest BCUT2D eigenvalue weighted by atomic mass is 10.0. The van der Waals surface area contributed by atoms with E-state index in [9.17, 15) is 4.79 Å². The van der Waals surface area contributed by atoms with Gasteiger partial charge in [0, 0.05) is 6.08 Å². The molecule has 0 aliphatic heterocycles. The van der Waals surface area contributed by atoms with Crippen LogP contribution in [-0.4, -0.2) is 72.0 Å². The molecule has 0 bridgehead atoms. The van der Waals surface area contributed by atoms with Crippen molar-refractivity contribution < 1.29 is 34.2 Å². The lowest BCUT2D eigenvalue weighted by molar-refractivity contribution is -0.137. The van der Waals surface area contributed by atoms with E-state index in [-0.39, 0.29) is 6.61 Å². The average Bonchev–Trinajstić information content (AvgIpc) is 2.90. The van der Waals surface area contributed by atoms with E-state index >= 15 is 0 Å². The topological polar surface area (TPSA) is 81.7 Å². The van der Waals surface area contributed by atoms with Crippen LogP contribution in [0, 0.1) is 0 Å². The van der Waals surface area contributed by atoms with E-state index in [0.717, 1.165) is 12.1 Å². The summed E-state index contributed by atoms with van der Waals surface area (Å²) in [6, 6.07) is 13.3. The minimum atomic E-state index is -2.86. The standard InChI is InChI=1S/C34H72O8Si7/c1-17-19-20-24-29-44(7,8)38-49(16,31-32(3)33-26-22-21-23-27-33)42-47(13,14)39-46(11,12)41-48(15,30-25-28-36-34(35)18-2)40-45(9,10)37-43(4,5)6/h18,21-23,26-27,32H,2,17,19-20,24-25,28-31H2,1,3-16H3. The Bertz CT molecular complexity index is 1150. The Labute approximate surface area is 308 Å². The summed E-state index contributed by atoms with van der Waals surface area (Å²) in [6.07, 6.45) is 6.76. The molecular formula is C34H72O8Si7. The Morgan fingerprint density at radius 1 is 0.673 bits per heavy atom. The van der Waals surface area contributed by atoms with E-state index in [4.69, 9.17) is 29.4 Å². The van der Waals surface area contributed by atoms with E-state index in [1.807, 2.05) is 0 Å². The molecule has 284 valence electrons. The molecule has 3 unspecified atom stereocenters. The van der Waals surface area contributed by atoms with Gasteiger partial charge in [0.15, 0.2) is 16.6 Å². The second-order valence-corrected chi connectivity index (χ2v) is 43.7. The third-order valence-electron chi connectivity index (χ3n) is 7.79. The zero-order valence-electron chi connectivity index (χ0n) is 33.9. The van der Waals surface area contributed by atoms with Gasteiger partial charge in [0.1, 0.15) is 0 Å². The van der Waals surface area contributed by atoms with Gasteiger partial charge < -0.3 is 29.4 Å². The maximum absolute atomic E-state index is 11.7. The first-order valence-electron chi connectivity index (χ1n) is 18.3. The molecular weight excluding hydrogens is 733 g/mol. The summed E-state index contributed by atoms with van der Waals surface area (Å²) in [5.74, 6) is -0.125. The molecule has 1 aromatic carbocycles. The number of hydrogen-bond acceptors (Lipinski definition) is 8. The summed E-state index contributed by atoms with van der Waals surface area (Å²) in [6.45, 7) is 36.6. The normalized spacial score (nSPS) is 16.5. The molecule has 0 aliphatic rings. The van der Waals surface area contributed by atoms with Crippen LogP contribution in [-0.2, 0) is 34.2 Å². The van der Waals surface area contributed by atoms with Gasteiger partial charge in [-0.1, -0.05) is 76.4 Å². The highest BCUT2D eigenvalue weighted by Crippen LogP contribution is 2.36. The van der Waals surface area contributed by atoms with Gasteiger partial charge in [-0.2, -0.15) is 0 Å². The van der Waals surface area contributed by atoms with Crippen LogP contribution in [0.15, 0.2) is 43.0 Å². The number of carbonyl (C=O) groups excluding carboxylic acids is 1. The minimum absolute atomic E-state index is 0.280. The highest BCUT2D eigenvalue weighted by molar-refractivity contribution is 6.92. The first kappa shape index (κ1) is 46.7. The smallest absolute Gasteiger partial charge is 0.330 e. The van der Waals surface area contributed by atoms with Crippen molar-refractivity contribution in [1.82, 2.24) is 0 Å². The van der Waals surface area contributed by atoms with Gasteiger partial charge in [-0.15, -0.1) is 0 Å². The third-order valence-corrected chi connectivity index (χ3v) is 35.3. The van der Waals surface area contributed by atoms with E-state index in [1.54, 1.807) is 0 Å². The van der Waals surface area contributed by atoms with Crippen molar-refractivity contribution in [3.8, 4) is 0 Å². The van der Waals surface area contributed by atoms with E-state index < -0.39 is 65.4 Å². The summed E-state index contributed by atoms with van der Waals surface area (Å²) in [5.41, 5.74) is 1.30. The fraction of sp³-hybridized carbons (Fsp3) is 0.735.